The number of carbonyl (C=O) groups excluding carboxylic acids is 6. The lowest BCUT2D eigenvalue weighted by molar-refractivity contribution is -0.154. The van der Waals surface area contributed by atoms with Crippen LogP contribution in [-0.4, -0.2) is 89.5 Å². The van der Waals surface area contributed by atoms with Crippen LogP contribution in [0, 0.1) is 0 Å². The Morgan fingerprint density at radius 1 is 0.935 bits per heavy atom. The molecule has 31 heavy (non-hydrogen) atoms. The Bertz CT molecular complexity index is 769. The number of nitrogens with one attached hydrogen (secondary N) is 2. The number of amides is 4. The normalized spacial score (nSPS) is 23.0. The topological polar surface area (TPSA) is 142 Å². The maximum Gasteiger partial charge on any atom is 0.376 e. The smallest absolute Gasteiger partial charge is 0.376 e. The minimum atomic E-state index is -0.991. The standard InChI is InChI=1S/C20H30N4O7/c1-11(21-18(28)15-8-6-10-24(15)13(3)25)17(27)22-19(29)14-7-5-9-23(14)12(2)16(26)20(30)31-4/h11-12,14-15H,5-10H2,1-4H3,(H,21,28)(H,22,27,29)/t11-,12?,14-,15-/m0/s1. The molecule has 2 heterocycles. The third-order valence-electron chi connectivity index (χ3n) is 5.82. The van der Waals surface area contributed by atoms with Crippen molar-refractivity contribution >= 4 is 35.4 Å². The van der Waals surface area contributed by atoms with Crippen LogP contribution in [0.1, 0.15) is 46.5 Å². The predicted molar refractivity (Wildman–Crippen MR) is 107 cm³/mol. The summed E-state index contributed by atoms with van der Waals surface area (Å²) in [6.45, 7) is 5.26. The number of rotatable bonds is 7. The fourth-order valence-electron chi connectivity index (χ4n) is 4.06. The van der Waals surface area contributed by atoms with Crippen molar-refractivity contribution in [3.05, 3.63) is 0 Å². The molecule has 0 aliphatic carbocycles. The molecule has 0 aromatic rings. The molecule has 2 saturated heterocycles. The fourth-order valence-corrected chi connectivity index (χ4v) is 4.06. The van der Waals surface area contributed by atoms with Gasteiger partial charge in [-0.2, -0.15) is 0 Å². The first-order valence-electron chi connectivity index (χ1n) is 10.4. The largest absolute Gasteiger partial charge is 0.463 e. The molecule has 1 unspecified atom stereocenters. The van der Waals surface area contributed by atoms with E-state index in [2.05, 4.69) is 15.4 Å². The van der Waals surface area contributed by atoms with E-state index in [0.29, 0.717) is 38.8 Å². The van der Waals surface area contributed by atoms with Gasteiger partial charge in [-0.25, -0.2) is 4.79 Å². The van der Waals surface area contributed by atoms with Crippen molar-refractivity contribution in [1.82, 2.24) is 20.4 Å². The molecule has 0 aromatic carbocycles. The summed E-state index contributed by atoms with van der Waals surface area (Å²) in [4.78, 5) is 75.8. The number of esters is 1. The average Bonchev–Trinajstić information content (AvgIpc) is 3.41. The Balaban J connectivity index is 1.94. The molecule has 0 radical (unpaired) electrons. The monoisotopic (exact) mass is 438 g/mol. The quantitative estimate of drug-likeness (QED) is 0.370. The average molecular weight is 438 g/mol. The van der Waals surface area contributed by atoms with Crippen molar-refractivity contribution in [1.29, 1.82) is 0 Å². The van der Waals surface area contributed by atoms with Gasteiger partial charge in [0, 0.05) is 13.5 Å². The van der Waals surface area contributed by atoms with Crippen molar-refractivity contribution in [3.8, 4) is 0 Å². The first-order chi connectivity index (χ1) is 14.6. The predicted octanol–water partition coefficient (Wildman–Crippen LogP) is -1.26. The Morgan fingerprint density at radius 3 is 2.16 bits per heavy atom. The SMILES string of the molecule is COC(=O)C(=O)C(C)N1CCC[C@H]1C(=O)NC(=O)[C@H](C)NC(=O)[C@@H]1CCCN1C(C)=O. The van der Waals surface area contributed by atoms with E-state index in [1.807, 2.05) is 0 Å². The van der Waals surface area contributed by atoms with Crippen molar-refractivity contribution in [3.63, 3.8) is 0 Å². The van der Waals surface area contributed by atoms with Crippen LogP contribution >= 0.6 is 0 Å². The molecule has 11 nitrogen and oxygen atoms in total. The zero-order valence-electron chi connectivity index (χ0n) is 18.3. The molecule has 172 valence electrons. The van der Waals surface area contributed by atoms with Gasteiger partial charge in [-0.05, 0) is 46.1 Å². The summed E-state index contributed by atoms with van der Waals surface area (Å²) in [5, 5.41) is 4.83. The lowest BCUT2D eigenvalue weighted by atomic mass is 10.1. The molecule has 0 aromatic heterocycles. The summed E-state index contributed by atoms with van der Waals surface area (Å²) in [5.74, 6) is -3.69. The van der Waals surface area contributed by atoms with Crippen molar-refractivity contribution in [2.75, 3.05) is 20.2 Å². The van der Waals surface area contributed by atoms with Crippen molar-refractivity contribution < 1.29 is 33.5 Å². The van der Waals surface area contributed by atoms with E-state index in [1.54, 1.807) is 4.90 Å². The summed E-state index contributed by atoms with van der Waals surface area (Å²) < 4.78 is 4.45. The Hall–Kier alpha value is -2.82. The first-order valence-corrected chi connectivity index (χ1v) is 10.4. The molecular formula is C20H30N4O7. The Kier molecular flexibility index (Phi) is 8.26. The molecule has 11 heteroatoms. The highest BCUT2D eigenvalue weighted by molar-refractivity contribution is 6.35. The van der Waals surface area contributed by atoms with Gasteiger partial charge in [-0.3, -0.25) is 34.2 Å². The number of ketones is 1. The summed E-state index contributed by atoms with van der Waals surface area (Å²) in [5.41, 5.74) is 0. The van der Waals surface area contributed by atoms with Crippen molar-refractivity contribution in [2.45, 2.75) is 70.6 Å². The summed E-state index contributed by atoms with van der Waals surface area (Å²) in [6.07, 6.45) is 2.27. The van der Waals surface area contributed by atoms with Crippen LogP contribution < -0.4 is 10.6 Å². The van der Waals surface area contributed by atoms with Crippen LogP contribution in [-0.2, 0) is 33.5 Å². The third-order valence-corrected chi connectivity index (χ3v) is 5.82. The number of Topliss-reactive ketones (excluding diaryl/α,β-unsaturated/α-hetero) is 1. The van der Waals surface area contributed by atoms with E-state index >= 15 is 0 Å². The van der Waals surface area contributed by atoms with Crippen LogP contribution in [0.4, 0.5) is 0 Å². The first kappa shape index (κ1) is 24.4. The van der Waals surface area contributed by atoms with Gasteiger partial charge in [0.2, 0.25) is 23.6 Å². The second-order valence-electron chi connectivity index (χ2n) is 7.88. The summed E-state index contributed by atoms with van der Waals surface area (Å²) in [7, 11) is 1.11. The second kappa shape index (κ2) is 10.5. The molecule has 2 N–H and O–H groups in total. The molecule has 4 atom stereocenters. The molecule has 0 spiro atoms. The van der Waals surface area contributed by atoms with E-state index in [0.717, 1.165) is 7.11 Å². The Labute approximate surface area is 180 Å². The maximum atomic E-state index is 12.7. The fraction of sp³-hybridized carbons (Fsp3) is 0.700. The number of methoxy groups -OCH3 is 1. The number of imide groups is 1. The summed E-state index contributed by atoms with van der Waals surface area (Å²) in [6, 6.07) is -3.23. The zero-order valence-corrected chi connectivity index (χ0v) is 18.3. The van der Waals surface area contributed by atoms with Crippen LogP contribution in [0.25, 0.3) is 0 Å². The number of hydrogen-bond acceptors (Lipinski definition) is 8. The number of hydrogen-bond donors (Lipinski definition) is 2. The zero-order chi connectivity index (χ0) is 23.3. The number of nitrogens with zero attached hydrogens (tertiary/aromatic N) is 2. The lowest BCUT2D eigenvalue weighted by Gasteiger charge is -2.28. The molecular weight excluding hydrogens is 408 g/mol. The molecule has 0 saturated carbocycles. The molecule has 0 bridgehead atoms. The minimum absolute atomic E-state index is 0.207. The van der Waals surface area contributed by atoms with Crippen molar-refractivity contribution in [2.24, 2.45) is 0 Å². The van der Waals surface area contributed by atoms with E-state index in [1.165, 1.54) is 25.7 Å². The molecule has 2 aliphatic heterocycles. The molecule has 2 fully saturated rings. The van der Waals surface area contributed by atoms with Gasteiger partial charge in [0.1, 0.15) is 12.1 Å². The second-order valence-corrected chi connectivity index (χ2v) is 7.88. The maximum absolute atomic E-state index is 12.7. The van der Waals surface area contributed by atoms with Gasteiger partial charge in [0.25, 0.3) is 5.78 Å². The third kappa shape index (κ3) is 5.66. The van der Waals surface area contributed by atoms with Gasteiger partial charge in [0.05, 0.1) is 19.2 Å². The van der Waals surface area contributed by atoms with Gasteiger partial charge >= 0.3 is 5.97 Å². The summed E-state index contributed by atoms with van der Waals surface area (Å²) >= 11 is 0. The highest BCUT2D eigenvalue weighted by Gasteiger charge is 2.39. The Morgan fingerprint density at radius 2 is 1.55 bits per heavy atom. The van der Waals surface area contributed by atoms with E-state index < -0.39 is 53.6 Å². The van der Waals surface area contributed by atoms with E-state index in [4.69, 9.17) is 0 Å². The van der Waals surface area contributed by atoms with Crippen LogP contribution in [0.2, 0.25) is 0 Å². The lowest BCUT2D eigenvalue weighted by Crippen LogP contribution is -2.56. The van der Waals surface area contributed by atoms with Gasteiger partial charge in [-0.15, -0.1) is 0 Å². The van der Waals surface area contributed by atoms with Gasteiger partial charge < -0.3 is 15.0 Å². The number of carbonyl (C=O) groups is 6. The molecule has 2 rings (SSSR count). The van der Waals surface area contributed by atoms with Gasteiger partial charge in [-0.1, -0.05) is 0 Å². The van der Waals surface area contributed by atoms with E-state index in [-0.39, 0.29) is 5.91 Å². The van der Waals surface area contributed by atoms with E-state index in [9.17, 15) is 28.8 Å². The molecule has 4 amide bonds. The minimum Gasteiger partial charge on any atom is -0.463 e. The number of ether oxygens (including phenoxy) is 1. The number of likely N-dealkylation sites (tertiary alicyclic amines) is 2. The van der Waals surface area contributed by atoms with Crippen LogP contribution in [0.15, 0.2) is 0 Å². The molecule has 2 aliphatic rings. The van der Waals surface area contributed by atoms with Crippen LogP contribution in [0.3, 0.4) is 0 Å². The highest BCUT2D eigenvalue weighted by atomic mass is 16.5. The van der Waals surface area contributed by atoms with Gasteiger partial charge in [0.15, 0.2) is 0 Å². The van der Waals surface area contributed by atoms with Crippen LogP contribution in [0.5, 0.6) is 0 Å². The highest BCUT2D eigenvalue weighted by Crippen LogP contribution is 2.21.